The zero-order chi connectivity index (χ0) is 12.3. The van der Waals surface area contributed by atoms with Crippen molar-refractivity contribution in [2.45, 2.75) is 33.0 Å². The van der Waals surface area contributed by atoms with E-state index in [2.05, 4.69) is 36.9 Å². The molecule has 1 aromatic carbocycles. The highest BCUT2D eigenvalue weighted by atomic mass is 16.5. The third-order valence-electron chi connectivity index (χ3n) is 3.34. The number of rotatable bonds is 3. The van der Waals surface area contributed by atoms with Gasteiger partial charge in [0.05, 0.1) is 19.3 Å². The number of benzene rings is 1. The number of ether oxygens (including phenoxy) is 1. The molecule has 1 saturated heterocycles. The summed E-state index contributed by atoms with van der Waals surface area (Å²) >= 11 is 0. The third kappa shape index (κ3) is 2.79. The average Bonchev–Trinajstić information content (AvgIpc) is 2.38. The fourth-order valence-corrected chi connectivity index (χ4v) is 2.33. The van der Waals surface area contributed by atoms with Gasteiger partial charge in [0.2, 0.25) is 0 Å². The van der Waals surface area contributed by atoms with E-state index in [9.17, 15) is 5.11 Å². The lowest BCUT2D eigenvalue weighted by molar-refractivity contribution is 0.0383. The number of hydrogen-bond acceptors (Lipinski definition) is 3. The van der Waals surface area contributed by atoms with Crippen molar-refractivity contribution in [1.29, 1.82) is 0 Å². The van der Waals surface area contributed by atoms with Crippen LogP contribution < -0.4 is 4.90 Å². The summed E-state index contributed by atoms with van der Waals surface area (Å²) < 4.78 is 5.67. The molecule has 1 aliphatic heterocycles. The van der Waals surface area contributed by atoms with E-state index >= 15 is 0 Å². The minimum Gasteiger partial charge on any atom is -0.392 e. The number of aliphatic hydroxyl groups excluding tert-OH is 1. The predicted octanol–water partition coefficient (Wildman–Crippen LogP) is 2.10. The molecule has 3 heteroatoms. The molecule has 2 rings (SSSR count). The minimum absolute atomic E-state index is 0.102. The van der Waals surface area contributed by atoms with Gasteiger partial charge in [0.25, 0.3) is 0 Å². The first-order valence-corrected chi connectivity index (χ1v) is 6.31. The largest absolute Gasteiger partial charge is 0.392 e. The monoisotopic (exact) mass is 235 g/mol. The second kappa shape index (κ2) is 5.52. The van der Waals surface area contributed by atoms with Gasteiger partial charge in [0.1, 0.15) is 0 Å². The van der Waals surface area contributed by atoms with Crippen molar-refractivity contribution in [3.63, 3.8) is 0 Å². The van der Waals surface area contributed by atoms with E-state index in [1.165, 1.54) is 5.56 Å². The van der Waals surface area contributed by atoms with Crippen molar-refractivity contribution in [1.82, 2.24) is 0 Å². The third-order valence-corrected chi connectivity index (χ3v) is 3.34. The van der Waals surface area contributed by atoms with Crippen LogP contribution in [0.25, 0.3) is 0 Å². The molecule has 1 fully saturated rings. The maximum atomic E-state index is 9.44. The molecule has 1 N–H and O–H groups in total. The van der Waals surface area contributed by atoms with Crippen LogP contribution in [0.3, 0.4) is 0 Å². The van der Waals surface area contributed by atoms with Gasteiger partial charge in [-0.25, -0.2) is 0 Å². The van der Waals surface area contributed by atoms with E-state index in [1.54, 1.807) is 0 Å². The van der Waals surface area contributed by atoms with Gasteiger partial charge >= 0.3 is 0 Å². The summed E-state index contributed by atoms with van der Waals surface area (Å²) in [6.07, 6.45) is 1.35. The van der Waals surface area contributed by atoms with Crippen LogP contribution in [-0.2, 0) is 11.3 Å². The molecular weight excluding hydrogens is 214 g/mol. The SMILES string of the molecule is CCC1CN(c2ccc(C)cc2CO)CCO1. The van der Waals surface area contributed by atoms with Gasteiger partial charge in [-0.2, -0.15) is 0 Å². The maximum absolute atomic E-state index is 9.44. The Bertz CT molecular complexity index is 378. The van der Waals surface area contributed by atoms with Crippen molar-refractivity contribution in [2.75, 3.05) is 24.6 Å². The molecule has 0 saturated carbocycles. The van der Waals surface area contributed by atoms with Crippen molar-refractivity contribution in [2.24, 2.45) is 0 Å². The Morgan fingerprint density at radius 3 is 3.00 bits per heavy atom. The number of hydrogen-bond donors (Lipinski definition) is 1. The first-order valence-electron chi connectivity index (χ1n) is 6.31. The lowest BCUT2D eigenvalue weighted by Crippen LogP contribution is -2.42. The first kappa shape index (κ1) is 12.4. The van der Waals surface area contributed by atoms with E-state index in [0.29, 0.717) is 6.10 Å². The van der Waals surface area contributed by atoms with Gasteiger partial charge in [-0.15, -0.1) is 0 Å². The lowest BCUT2D eigenvalue weighted by atomic mass is 10.1. The van der Waals surface area contributed by atoms with Crippen LogP contribution >= 0.6 is 0 Å². The van der Waals surface area contributed by atoms with Crippen molar-refractivity contribution in [3.05, 3.63) is 29.3 Å². The Morgan fingerprint density at radius 1 is 1.47 bits per heavy atom. The van der Waals surface area contributed by atoms with Crippen LogP contribution in [0, 0.1) is 6.92 Å². The summed E-state index contributed by atoms with van der Waals surface area (Å²) in [7, 11) is 0. The smallest absolute Gasteiger partial charge is 0.0748 e. The summed E-state index contributed by atoms with van der Waals surface area (Å²) in [5, 5.41) is 9.44. The molecule has 1 atom stereocenters. The van der Waals surface area contributed by atoms with Crippen LogP contribution in [0.1, 0.15) is 24.5 Å². The quantitative estimate of drug-likeness (QED) is 0.871. The van der Waals surface area contributed by atoms with Crippen LogP contribution in [0.4, 0.5) is 5.69 Å². The van der Waals surface area contributed by atoms with Crippen molar-refractivity contribution < 1.29 is 9.84 Å². The number of morpholine rings is 1. The van der Waals surface area contributed by atoms with E-state index in [1.807, 2.05) is 0 Å². The highest BCUT2D eigenvalue weighted by molar-refractivity contribution is 5.55. The Balaban J connectivity index is 2.20. The fourth-order valence-electron chi connectivity index (χ4n) is 2.33. The van der Waals surface area contributed by atoms with E-state index in [-0.39, 0.29) is 6.61 Å². The highest BCUT2D eigenvalue weighted by Gasteiger charge is 2.20. The second-order valence-electron chi connectivity index (χ2n) is 4.64. The molecule has 0 aliphatic carbocycles. The summed E-state index contributed by atoms with van der Waals surface area (Å²) in [4.78, 5) is 2.32. The molecule has 0 radical (unpaired) electrons. The molecule has 0 bridgehead atoms. The average molecular weight is 235 g/mol. The number of aliphatic hydroxyl groups is 1. The summed E-state index contributed by atoms with van der Waals surface area (Å²) in [5.41, 5.74) is 3.36. The summed E-state index contributed by atoms with van der Waals surface area (Å²) in [6, 6.07) is 6.27. The van der Waals surface area contributed by atoms with Gasteiger partial charge in [-0.05, 0) is 19.4 Å². The van der Waals surface area contributed by atoms with Gasteiger partial charge in [0, 0.05) is 24.3 Å². The van der Waals surface area contributed by atoms with Gasteiger partial charge < -0.3 is 14.7 Å². The molecule has 1 aromatic rings. The molecule has 3 nitrogen and oxygen atoms in total. The molecule has 1 unspecified atom stereocenters. The summed E-state index contributed by atoms with van der Waals surface area (Å²) in [6.45, 7) is 6.91. The minimum atomic E-state index is 0.102. The van der Waals surface area contributed by atoms with Crippen LogP contribution in [-0.4, -0.2) is 30.9 Å². The molecule has 0 spiro atoms. The van der Waals surface area contributed by atoms with Gasteiger partial charge in [0.15, 0.2) is 0 Å². The summed E-state index contributed by atoms with van der Waals surface area (Å²) in [5.74, 6) is 0. The van der Waals surface area contributed by atoms with Gasteiger partial charge in [-0.1, -0.05) is 24.6 Å². The van der Waals surface area contributed by atoms with E-state index in [4.69, 9.17) is 4.74 Å². The Kier molecular flexibility index (Phi) is 4.02. The van der Waals surface area contributed by atoms with E-state index in [0.717, 1.165) is 37.4 Å². The molecule has 17 heavy (non-hydrogen) atoms. The fraction of sp³-hybridized carbons (Fsp3) is 0.571. The van der Waals surface area contributed by atoms with Crippen LogP contribution in [0.5, 0.6) is 0 Å². The number of aryl methyl sites for hydroxylation is 1. The number of anilines is 1. The predicted molar refractivity (Wildman–Crippen MR) is 69.3 cm³/mol. The topological polar surface area (TPSA) is 32.7 Å². The molecular formula is C14H21NO2. The Morgan fingerprint density at radius 2 is 2.29 bits per heavy atom. The van der Waals surface area contributed by atoms with Crippen molar-refractivity contribution in [3.8, 4) is 0 Å². The van der Waals surface area contributed by atoms with Crippen LogP contribution in [0.2, 0.25) is 0 Å². The highest BCUT2D eigenvalue weighted by Crippen LogP contribution is 2.24. The Labute approximate surface area is 103 Å². The molecule has 1 heterocycles. The molecule has 94 valence electrons. The number of nitrogens with zero attached hydrogens (tertiary/aromatic N) is 1. The maximum Gasteiger partial charge on any atom is 0.0748 e. The zero-order valence-corrected chi connectivity index (χ0v) is 10.6. The lowest BCUT2D eigenvalue weighted by Gasteiger charge is -2.35. The van der Waals surface area contributed by atoms with Gasteiger partial charge in [-0.3, -0.25) is 0 Å². The first-order chi connectivity index (χ1) is 8.24. The normalized spacial score (nSPS) is 20.6. The standard InChI is InChI=1S/C14H21NO2/c1-3-13-9-15(6-7-17-13)14-5-4-11(2)8-12(14)10-16/h4-5,8,13,16H,3,6-7,9-10H2,1-2H3. The molecule has 0 amide bonds. The molecule has 1 aliphatic rings. The van der Waals surface area contributed by atoms with Crippen molar-refractivity contribution >= 4 is 5.69 Å². The second-order valence-corrected chi connectivity index (χ2v) is 4.64. The molecule has 0 aromatic heterocycles. The van der Waals surface area contributed by atoms with E-state index < -0.39 is 0 Å². The van der Waals surface area contributed by atoms with Crippen LogP contribution in [0.15, 0.2) is 18.2 Å². The zero-order valence-electron chi connectivity index (χ0n) is 10.6. The Hall–Kier alpha value is -1.06.